The van der Waals surface area contributed by atoms with Gasteiger partial charge in [-0.3, -0.25) is 9.59 Å². The predicted octanol–water partition coefficient (Wildman–Crippen LogP) is 2.31. The zero-order chi connectivity index (χ0) is 17.1. The number of hydrogen-bond donors (Lipinski definition) is 2. The van der Waals surface area contributed by atoms with Crippen LogP contribution in [0.15, 0.2) is 24.3 Å². The maximum Gasteiger partial charge on any atom is 0.267 e. The van der Waals surface area contributed by atoms with Gasteiger partial charge in [-0.25, -0.2) is 0 Å². The third kappa shape index (κ3) is 3.53. The van der Waals surface area contributed by atoms with Crippen LogP contribution in [0.25, 0.3) is 10.9 Å². The Bertz CT molecular complexity index is 753. The molecule has 1 fully saturated rings. The van der Waals surface area contributed by atoms with Gasteiger partial charge in [0, 0.05) is 42.5 Å². The van der Waals surface area contributed by atoms with Crippen LogP contribution < -0.4 is 10.1 Å². The lowest BCUT2D eigenvalue weighted by molar-refractivity contribution is -0.127. The molecule has 0 radical (unpaired) electrons. The van der Waals surface area contributed by atoms with Gasteiger partial charge < -0.3 is 19.9 Å². The summed E-state index contributed by atoms with van der Waals surface area (Å²) in [6, 6.07) is 7.45. The molecule has 24 heavy (non-hydrogen) atoms. The molecule has 1 aliphatic rings. The highest BCUT2D eigenvalue weighted by molar-refractivity contribution is 5.98. The molecule has 1 saturated heterocycles. The molecule has 0 saturated carbocycles. The fourth-order valence-electron chi connectivity index (χ4n) is 3.06. The minimum atomic E-state index is -0.164. The molecule has 2 aromatic rings. The van der Waals surface area contributed by atoms with Crippen molar-refractivity contribution in [2.75, 3.05) is 19.7 Å². The number of amides is 2. The van der Waals surface area contributed by atoms with Crippen molar-refractivity contribution in [2.24, 2.45) is 0 Å². The molecule has 1 aromatic carbocycles. The first-order valence-electron chi connectivity index (χ1n) is 8.41. The van der Waals surface area contributed by atoms with Crippen molar-refractivity contribution < 1.29 is 14.3 Å². The van der Waals surface area contributed by atoms with Crippen molar-refractivity contribution >= 4 is 22.7 Å². The van der Waals surface area contributed by atoms with Crippen molar-refractivity contribution in [2.45, 2.75) is 32.7 Å². The minimum absolute atomic E-state index is 0.0926. The van der Waals surface area contributed by atoms with Crippen LogP contribution >= 0.6 is 0 Å². The van der Waals surface area contributed by atoms with E-state index in [2.05, 4.69) is 10.3 Å². The number of aromatic nitrogens is 1. The Morgan fingerprint density at radius 2 is 2.25 bits per heavy atom. The van der Waals surface area contributed by atoms with Gasteiger partial charge in [-0.2, -0.15) is 0 Å². The second-order valence-corrected chi connectivity index (χ2v) is 6.18. The van der Waals surface area contributed by atoms with Gasteiger partial charge in [-0.1, -0.05) is 0 Å². The molecule has 2 amide bonds. The van der Waals surface area contributed by atoms with Gasteiger partial charge >= 0.3 is 0 Å². The van der Waals surface area contributed by atoms with E-state index in [4.69, 9.17) is 4.74 Å². The molecule has 128 valence electrons. The number of rotatable bonds is 6. The number of H-pyrrole nitrogens is 1. The lowest BCUT2D eigenvalue weighted by Gasteiger charge is -2.21. The summed E-state index contributed by atoms with van der Waals surface area (Å²) in [6.45, 7) is 5.79. The normalized spacial score (nSPS) is 15.8. The maximum atomic E-state index is 12.4. The van der Waals surface area contributed by atoms with Crippen molar-refractivity contribution in [3.63, 3.8) is 0 Å². The summed E-state index contributed by atoms with van der Waals surface area (Å²) in [5.41, 5.74) is 1.38. The van der Waals surface area contributed by atoms with E-state index in [9.17, 15) is 9.59 Å². The van der Waals surface area contributed by atoms with Crippen LogP contribution in [0.3, 0.4) is 0 Å². The molecule has 2 N–H and O–H groups in total. The number of benzene rings is 1. The Kier molecular flexibility index (Phi) is 4.74. The number of nitrogens with one attached hydrogen (secondary N) is 2. The smallest absolute Gasteiger partial charge is 0.267 e. The van der Waals surface area contributed by atoms with Gasteiger partial charge in [0.05, 0.1) is 6.61 Å². The first-order valence-corrected chi connectivity index (χ1v) is 8.41. The zero-order valence-electron chi connectivity index (χ0n) is 14.1. The third-order valence-corrected chi connectivity index (χ3v) is 4.19. The van der Waals surface area contributed by atoms with Crippen LogP contribution in [0.2, 0.25) is 0 Å². The predicted molar refractivity (Wildman–Crippen MR) is 92.2 cm³/mol. The van der Waals surface area contributed by atoms with Crippen LogP contribution in [-0.2, 0) is 4.79 Å². The van der Waals surface area contributed by atoms with Crippen molar-refractivity contribution in [3.8, 4) is 5.75 Å². The van der Waals surface area contributed by atoms with E-state index in [1.54, 1.807) is 0 Å². The van der Waals surface area contributed by atoms with E-state index in [0.29, 0.717) is 25.3 Å². The molecule has 3 rings (SSSR count). The highest BCUT2D eigenvalue weighted by Gasteiger charge is 2.22. The van der Waals surface area contributed by atoms with E-state index < -0.39 is 0 Å². The number of nitrogens with zero attached hydrogens (tertiary/aromatic N) is 1. The molecule has 0 aliphatic carbocycles. The number of likely N-dealkylation sites (tertiary alicyclic amines) is 1. The fraction of sp³-hybridized carbons (Fsp3) is 0.444. The molecule has 1 unspecified atom stereocenters. The SMILES string of the molecule is CCOc1ccc2cc(C(=O)NC(C)CN3CCCC3=O)[nH]c2c1. The third-order valence-electron chi connectivity index (χ3n) is 4.19. The van der Waals surface area contributed by atoms with Crippen molar-refractivity contribution in [1.29, 1.82) is 0 Å². The van der Waals surface area contributed by atoms with E-state index >= 15 is 0 Å². The summed E-state index contributed by atoms with van der Waals surface area (Å²) >= 11 is 0. The molecule has 1 atom stereocenters. The van der Waals surface area contributed by atoms with Gasteiger partial charge in [0.25, 0.3) is 5.91 Å². The van der Waals surface area contributed by atoms with Gasteiger partial charge in [-0.05, 0) is 38.5 Å². The van der Waals surface area contributed by atoms with Crippen LogP contribution in [-0.4, -0.2) is 47.4 Å². The van der Waals surface area contributed by atoms with Gasteiger partial charge in [0.15, 0.2) is 0 Å². The van der Waals surface area contributed by atoms with Crippen LogP contribution in [0.4, 0.5) is 0 Å². The second kappa shape index (κ2) is 6.95. The number of carbonyl (C=O) groups excluding carboxylic acids is 2. The number of ether oxygens (including phenoxy) is 1. The number of fused-ring (bicyclic) bond motifs is 1. The van der Waals surface area contributed by atoms with E-state index in [0.717, 1.165) is 29.6 Å². The maximum absolute atomic E-state index is 12.4. The molecule has 1 aromatic heterocycles. The van der Waals surface area contributed by atoms with E-state index in [-0.39, 0.29) is 17.9 Å². The largest absolute Gasteiger partial charge is 0.494 e. The zero-order valence-corrected chi connectivity index (χ0v) is 14.1. The van der Waals surface area contributed by atoms with Crippen LogP contribution in [0.1, 0.15) is 37.2 Å². The lowest BCUT2D eigenvalue weighted by Crippen LogP contribution is -2.42. The average molecular weight is 329 g/mol. The number of carbonyl (C=O) groups is 2. The topological polar surface area (TPSA) is 74.4 Å². The molecule has 2 heterocycles. The van der Waals surface area contributed by atoms with Crippen LogP contribution in [0.5, 0.6) is 5.75 Å². The molecule has 1 aliphatic heterocycles. The van der Waals surface area contributed by atoms with Gasteiger partial charge in [-0.15, -0.1) is 0 Å². The molecular formula is C18H23N3O3. The van der Waals surface area contributed by atoms with Gasteiger partial charge in [0.2, 0.25) is 5.91 Å². The highest BCUT2D eigenvalue weighted by atomic mass is 16.5. The second-order valence-electron chi connectivity index (χ2n) is 6.18. The Balaban J connectivity index is 1.65. The van der Waals surface area contributed by atoms with Crippen molar-refractivity contribution in [3.05, 3.63) is 30.0 Å². The Hall–Kier alpha value is -2.50. The van der Waals surface area contributed by atoms with Crippen molar-refractivity contribution in [1.82, 2.24) is 15.2 Å². The first-order chi connectivity index (χ1) is 11.6. The average Bonchev–Trinajstić information content (AvgIpc) is 3.14. The van der Waals surface area contributed by atoms with Crippen LogP contribution in [0, 0.1) is 0 Å². The number of hydrogen-bond acceptors (Lipinski definition) is 3. The fourth-order valence-corrected chi connectivity index (χ4v) is 3.06. The summed E-state index contributed by atoms with van der Waals surface area (Å²) in [5.74, 6) is 0.785. The molecule has 0 bridgehead atoms. The molecule has 6 nitrogen and oxygen atoms in total. The summed E-state index contributed by atoms with van der Waals surface area (Å²) in [6.07, 6.45) is 1.52. The quantitative estimate of drug-likeness (QED) is 0.854. The minimum Gasteiger partial charge on any atom is -0.494 e. The first kappa shape index (κ1) is 16.4. The summed E-state index contributed by atoms with van der Waals surface area (Å²) in [4.78, 5) is 29.0. The molecule has 6 heteroatoms. The van der Waals surface area contributed by atoms with E-state index in [1.165, 1.54) is 0 Å². The summed E-state index contributed by atoms with van der Waals surface area (Å²) in [7, 11) is 0. The highest BCUT2D eigenvalue weighted by Crippen LogP contribution is 2.21. The van der Waals surface area contributed by atoms with E-state index in [1.807, 2.05) is 43.0 Å². The standard InChI is InChI=1S/C18H23N3O3/c1-3-24-14-7-6-13-9-16(20-15(13)10-14)18(23)19-12(2)11-21-8-4-5-17(21)22/h6-7,9-10,12,20H,3-5,8,11H2,1-2H3,(H,19,23). The summed E-state index contributed by atoms with van der Waals surface area (Å²) in [5, 5.41) is 3.91. The monoisotopic (exact) mass is 329 g/mol. The van der Waals surface area contributed by atoms with Gasteiger partial charge in [0.1, 0.15) is 11.4 Å². The summed E-state index contributed by atoms with van der Waals surface area (Å²) < 4.78 is 5.47. The Labute approximate surface area is 141 Å². The molecular weight excluding hydrogens is 306 g/mol. The molecule has 0 spiro atoms. The lowest BCUT2D eigenvalue weighted by atomic mass is 10.2. The number of aromatic amines is 1. The Morgan fingerprint density at radius 3 is 2.96 bits per heavy atom. The Morgan fingerprint density at radius 1 is 1.42 bits per heavy atom.